The predicted molar refractivity (Wildman–Crippen MR) is 98.5 cm³/mol. The van der Waals surface area contributed by atoms with Crippen LogP contribution < -0.4 is 14.8 Å². The van der Waals surface area contributed by atoms with E-state index in [4.69, 9.17) is 0 Å². The van der Waals surface area contributed by atoms with Gasteiger partial charge in [-0.05, 0) is 30.7 Å². The fraction of sp³-hybridized carbons (Fsp3) is 0.278. The molecule has 0 bridgehead atoms. The molecule has 1 atom stereocenters. The molecule has 1 amide bonds. The topological polar surface area (TPSA) is 84.5 Å². The number of amides is 1. The number of hydrogen-bond donors (Lipinski definition) is 2. The van der Waals surface area contributed by atoms with E-state index < -0.39 is 28.6 Å². The molecule has 0 heterocycles. The van der Waals surface area contributed by atoms with Crippen molar-refractivity contribution in [2.75, 3.05) is 11.0 Å². The number of ether oxygens (including phenoxy) is 1. The van der Waals surface area contributed by atoms with Crippen LogP contribution in [0, 0.1) is 0 Å². The Balaban J connectivity index is 2.22. The van der Waals surface area contributed by atoms with Gasteiger partial charge in [-0.1, -0.05) is 31.2 Å². The van der Waals surface area contributed by atoms with Gasteiger partial charge in [-0.3, -0.25) is 9.52 Å². The number of para-hydroxylation sites is 1. The van der Waals surface area contributed by atoms with E-state index in [0.717, 1.165) is 6.26 Å². The van der Waals surface area contributed by atoms with E-state index in [9.17, 15) is 22.0 Å². The van der Waals surface area contributed by atoms with Crippen LogP contribution >= 0.6 is 0 Å². The molecular weight excluding hydrogens is 378 g/mol. The summed E-state index contributed by atoms with van der Waals surface area (Å²) >= 11 is 0. The Kier molecular flexibility index (Phi) is 6.73. The van der Waals surface area contributed by atoms with Gasteiger partial charge in [0.15, 0.2) is 0 Å². The third-order valence-corrected chi connectivity index (χ3v) is 4.26. The average Bonchev–Trinajstić information content (AvgIpc) is 2.58. The summed E-state index contributed by atoms with van der Waals surface area (Å²) in [5.41, 5.74) is 0.910. The molecule has 0 radical (unpaired) electrons. The van der Waals surface area contributed by atoms with Crippen LogP contribution in [0.5, 0.6) is 5.75 Å². The van der Waals surface area contributed by atoms with Gasteiger partial charge in [-0.2, -0.15) is 8.78 Å². The Bertz CT molecular complexity index is 904. The molecule has 2 rings (SSSR count). The number of halogens is 2. The Morgan fingerprint density at radius 2 is 1.85 bits per heavy atom. The third-order valence-electron chi connectivity index (χ3n) is 3.65. The molecule has 0 aliphatic rings. The highest BCUT2D eigenvalue weighted by Crippen LogP contribution is 2.28. The van der Waals surface area contributed by atoms with Gasteiger partial charge in [0.25, 0.3) is 5.91 Å². The molecule has 0 spiro atoms. The maximum atomic E-state index is 12.6. The normalized spacial score (nSPS) is 12.5. The minimum absolute atomic E-state index is 0.00727. The maximum absolute atomic E-state index is 12.6. The summed E-state index contributed by atoms with van der Waals surface area (Å²) in [7, 11) is -3.48. The molecule has 0 saturated carbocycles. The highest BCUT2D eigenvalue weighted by Gasteiger charge is 2.19. The first kappa shape index (κ1) is 20.6. The van der Waals surface area contributed by atoms with Gasteiger partial charge in [0.1, 0.15) is 5.75 Å². The second-order valence-corrected chi connectivity index (χ2v) is 7.55. The number of anilines is 1. The minimum Gasteiger partial charge on any atom is -0.434 e. The first-order valence-electron chi connectivity index (χ1n) is 8.12. The number of benzene rings is 2. The standard InChI is InChI=1S/C18H20F2N2O4S/c1-3-15(14-9-4-5-10-16(14)26-18(19)20)21-17(23)12-7-6-8-13(11-12)22-27(2,24)25/h4-11,15,18,22H,3H2,1-2H3,(H,21,23). The van der Waals surface area contributed by atoms with E-state index in [-0.39, 0.29) is 17.0 Å². The van der Waals surface area contributed by atoms with Crippen LogP contribution in [0.3, 0.4) is 0 Å². The van der Waals surface area contributed by atoms with E-state index in [1.807, 2.05) is 0 Å². The first-order valence-corrected chi connectivity index (χ1v) is 10.0. The van der Waals surface area contributed by atoms with Gasteiger partial charge in [0.05, 0.1) is 12.3 Å². The van der Waals surface area contributed by atoms with Gasteiger partial charge < -0.3 is 10.1 Å². The molecule has 1 unspecified atom stereocenters. The molecule has 146 valence electrons. The van der Waals surface area contributed by atoms with Crippen molar-refractivity contribution in [2.45, 2.75) is 26.0 Å². The summed E-state index contributed by atoms with van der Waals surface area (Å²) < 4.78 is 54.7. The van der Waals surface area contributed by atoms with Crippen LogP contribution in [0.15, 0.2) is 48.5 Å². The van der Waals surface area contributed by atoms with E-state index in [1.54, 1.807) is 25.1 Å². The molecule has 27 heavy (non-hydrogen) atoms. The molecule has 0 aliphatic carbocycles. The smallest absolute Gasteiger partial charge is 0.387 e. The molecule has 0 aliphatic heterocycles. The Hall–Kier alpha value is -2.68. The molecule has 2 N–H and O–H groups in total. The van der Waals surface area contributed by atoms with E-state index in [0.29, 0.717) is 12.0 Å². The quantitative estimate of drug-likeness (QED) is 0.712. The molecule has 2 aromatic rings. The summed E-state index contributed by atoms with van der Waals surface area (Å²) in [6.45, 7) is -1.18. The van der Waals surface area contributed by atoms with E-state index >= 15 is 0 Å². The minimum atomic E-state index is -3.48. The van der Waals surface area contributed by atoms with Crippen LogP contribution in [-0.2, 0) is 10.0 Å². The first-order chi connectivity index (χ1) is 12.7. The summed E-state index contributed by atoms with van der Waals surface area (Å²) in [6, 6.07) is 11.7. The fourth-order valence-electron chi connectivity index (χ4n) is 2.55. The van der Waals surface area contributed by atoms with Crippen LogP contribution in [-0.4, -0.2) is 27.2 Å². The fourth-order valence-corrected chi connectivity index (χ4v) is 3.11. The maximum Gasteiger partial charge on any atom is 0.387 e. The predicted octanol–water partition coefficient (Wildman–Crippen LogP) is 3.54. The summed E-state index contributed by atoms with van der Waals surface area (Å²) in [4.78, 5) is 12.6. The lowest BCUT2D eigenvalue weighted by atomic mass is 10.0. The van der Waals surface area contributed by atoms with Gasteiger partial charge in [0, 0.05) is 16.8 Å². The number of sulfonamides is 1. The Morgan fingerprint density at radius 1 is 1.15 bits per heavy atom. The summed E-state index contributed by atoms with van der Waals surface area (Å²) in [5.74, 6) is -0.474. The SMILES string of the molecule is CCC(NC(=O)c1cccc(NS(C)(=O)=O)c1)c1ccccc1OC(F)F. The third kappa shape index (κ3) is 6.21. The average molecular weight is 398 g/mol. The van der Waals surface area contributed by atoms with Gasteiger partial charge in [-0.15, -0.1) is 0 Å². The molecule has 0 fully saturated rings. The van der Waals surface area contributed by atoms with Crippen molar-refractivity contribution in [2.24, 2.45) is 0 Å². The zero-order chi connectivity index (χ0) is 20.0. The number of rotatable bonds is 8. The van der Waals surface area contributed by atoms with Gasteiger partial charge in [0.2, 0.25) is 10.0 Å². The lowest BCUT2D eigenvalue weighted by molar-refractivity contribution is -0.0506. The summed E-state index contributed by atoms with van der Waals surface area (Å²) in [5, 5.41) is 2.76. The van der Waals surface area contributed by atoms with Crippen LogP contribution in [0.1, 0.15) is 35.3 Å². The molecule has 0 aromatic heterocycles. The molecule has 9 heteroatoms. The highest BCUT2D eigenvalue weighted by molar-refractivity contribution is 7.92. The lowest BCUT2D eigenvalue weighted by Crippen LogP contribution is -2.28. The van der Waals surface area contributed by atoms with Crippen molar-refractivity contribution < 1.29 is 26.7 Å². The number of alkyl halides is 2. The zero-order valence-corrected chi connectivity index (χ0v) is 15.6. The zero-order valence-electron chi connectivity index (χ0n) is 14.8. The van der Waals surface area contributed by atoms with Gasteiger partial charge in [-0.25, -0.2) is 8.42 Å². The second kappa shape index (κ2) is 8.81. The van der Waals surface area contributed by atoms with Gasteiger partial charge >= 0.3 is 6.61 Å². The lowest BCUT2D eigenvalue weighted by Gasteiger charge is -2.20. The molecule has 6 nitrogen and oxygen atoms in total. The number of nitrogens with one attached hydrogen (secondary N) is 2. The van der Waals surface area contributed by atoms with Crippen molar-refractivity contribution in [3.8, 4) is 5.75 Å². The number of carbonyl (C=O) groups is 1. The molecular formula is C18H20F2N2O4S. The van der Waals surface area contributed by atoms with Crippen molar-refractivity contribution in [3.63, 3.8) is 0 Å². The van der Waals surface area contributed by atoms with Crippen LogP contribution in [0.4, 0.5) is 14.5 Å². The van der Waals surface area contributed by atoms with Crippen LogP contribution in [0.2, 0.25) is 0 Å². The molecule has 2 aromatic carbocycles. The van der Waals surface area contributed by atoms with Crippen molar-refractivity contribution in [3.05, 3.63) is 59.7 Å². The largest absolute Gasteiger partial charge is 0.434 e. The van der Waals surface area contributed by atoms with E-state index in [1.165, 1.54) is 30.3 Å². The monoisotopic (exact) mass is 398 g/mol. The van der Waals surface area contributed by atoms with Crippen molar-refractivity contribution in [1.29, 1.82) is 0 Å². The van der Waals surface area contributed by atoms with Crippen molar-refractivity contribution in [1.82, 2.24) is 5.32 Å². The van der Waals surface area contributed by atoms with Crippen LogP contribution in [0.25, 0.3) is 0 Å². The number of hydrogen-bond acceptors (Lipinski definition) is 4. The summed E-state index contributed by atoms with van der Waals surface area (Å²) in [6.07, 6.45) is 1.45. The highest BCUT2D eigenvalue weighted by atomic mass is 32.2. The van der Waals surface area contributed by atoms with Crippen molar-refractivity contribution >= 4 is 21.6 Å². The number of carbonyl (C=O) groups excluding carboxylic acids is 1. The Labute approximate surface area is 156 Å². The second-order valence-electron chi connectivity index (χ2n) is 5.81. The molecule has 0 saturated heterocycles. The Morgan fingerprint density at radius 3 is 2.48 bits per heavy atom. The van der Waals surface area contributed by atoms with E-state index in [2.05, 4.69) is 14.8 Å².